The van der Waals surface area contributed by atoms with E-state index >= 15 is 0 Å². The van der Waals surface area contributed by atoms with Gasteiger partial charge in [-0.1, -0.05) is 0 Å². The number of carbonyl (C=O) groups excluding carboxylic acids is 1. The highest BCUT2D eigenvalue weighted by Gasteiger charge is 2.07. The smallest absolute Gasteiger partial charge is 0.372 e. The summed E-state index contributed by atoms with van der Waals surface area (Å²) in [5, 5.41) is 7.91. The van der Waals surface area contributed by atoms with Crippen molar-refractivity contribution in [2.24, 2.45) is 5.73 Å². The summed E-state index contributed by atoms with van der Waals surface area (Å²) in [5.74, 6) is -2.23. The fourth-order valence-electron chi connectivity index (χ4n) is 0.238. The Labute approximate surface area is 46.3 Å². The maximum absolute atomic E-state index is 10.1. The first-order chi connectivity index (χ1) is 3.68. The number of rotatable bonds is 3. The molecule has 0 aromatic carbocycles. The summed E-state index contributed by atoms with van der Waals surface area (Å²) in [5.41, 5.74) is 4.88. The molecule has 0 saturated heterocycles. The molecule has 0 aliphatic heterocycles. The SMILES string of the molecule is NCCC(=O)C(=O)O. The number of Topliss-reactive ketones (excluding diaryl/α,β-unsaturated/α-hetero) is 1. The first kappa shape index (κ1) is 7.10. The minimum Gasteiger partial charge on any atom is -0.476 e. The predicted octanol–water partition coefficient (Wildman–Crippen LogP) is -1.01. The average molecular weight is 117 g/mol. The monoisotopic (exact) mass is 117 g/mol. The molecule has 0 saturated carbocycles. The molecule has 0 heterocycles. The number of nitrogens with two attached hydrogens (primary N) is 1. The molecule has 0 rings (SSSR count). The van der Waals surface area contributed by atoms with E-state index in [0.29, 0.717) is 0 Å². The molecule has 0 amide bonds. The Morgan fingerprint density at radius 2 is 2.00 bits per heavy atom. The van der Waals surface area contributed by atoms with Crippen molar-refractivity contribution in [3.8, 4) is 0 Å². The molecular weight excluding hydrogens is 110 g/mol. The summed E-state index contributed by atoms with van der Waals surface area (Å²) >= 11 is 0. The lowest BCUT2D eigenvalue weighted by atomic mass is 10.3. The fourth-order valence-corrected chi connectivity index (χ4v) is 0.238. The van der Waals surface area contributed by atoms with E-state index in [9.17, 15) is 9.59 Å². The topological polar surface area (TPSA) is 80.4 Å². The van der Waals surface area contributed by atoms with Crippen LogP contribution >= 0.6 is 0 Å². The van der Waals surface area contributed by atoms with Gasteiger partial charge in [-0.25, -0.2) is 4.79 Å². The maximum atomic E-state index is 10.1. The molecule has 3 N–H and O–H groups in total. The third kappa shape index (κ3) is 2.30. The standard InChI is InChI=1S/C4H7NO3/c5-2-1-3(6)4(7)8/h1-2,5H2,(H,7,8). The van der Waals surface area contributed by atoms with Gasteiger partial charge in [0, 0.05) is 6.42 Å². The van der Waals surface area contributed by atoms with Crippen LogP contribution in [0.4, 0.5) is 0 Å². The molecule has 4 heteroatoms. The molecule has 46 valence electrons. The van der Waals surface area contributed by atoms with Crippen LogP contribution in [0.3, 0.4) is 0 Å². The van der Waals surface area contributed by atoms with Crippen LogP contribution in [0.1, 0.15) is 6.42 Å². The number of ketones is 1. The zero-order chi connectivity index (χ0) is 6.57. The van der Waals surface area contributed by atoms with Crippen LogP contribution in [0.2, 0.25) is 0 Å². The molecule has 4 nitrogen and oxygen atoms in total. The van der Waals surface area contributed by atoms with Crippen LogP contribution in [-0.4, -0.2) is 23.4 Å². The molecule has 0 unspecified atom stereocenters. The highest BCUT2D eigenvalue weighted by molar-refractivity contribution is 6.32. The lowest BCUT2D eigenvalue weighted by molar-refractivity contribution is -0.149. The van der Waals surface area contributed by atoms with Gasteiger partial charge in [0.2, 0.25) is 5.78 Å². The summed E-state index contributed by atoms with van der Waals surface area (Å²) in [6.07, 6.45) is -0.0741. The molecule has 0 aromatic heterocycles. The zero-order valence-corrected chi connectivity index (χ0v) is 4.26. The Bertz CT molecular complexity index is 110. The van der Waals surface area contributed by atoms with Crippen molar-refractivity contribution >= 4 is 11.8 Å². The van der Waals surface area contributed by atoms with Gasteiger partial charge in [-0.15, -0.1) is 0 Å². The van der Waals surface area contributed by atoms with Crippen LogP contribution < -0.4 is 5.73 Å². The van der Waals surface area contributed by atoms with Crippen molar-refractivity contribution in [3.05, 3.63) is 0 Å². The third-order valence-corrected chi connectivity index (χ3v) is 0.610. The predicted molar refractivity (Wildman–Crippen MR) is 26.3 cm³/mol. The minimum atomic E-state index is -1.41. The normalized spacial score (nSPS) is 8.62. The molecule has 0 aromatic rings. The summed E-state index contributed by atoms with van der Waals surface area (Å²) in [7, 11) is 0. The summed E-state index contributed by atoms with van der Waals surface area (Å²) in [6, 6.07) is 0. The minimum absolute atomic E-state index is 0.0741. The summed E-state index contributed by atoms with van der Waals surface area (Å²) < 4.78 is 0. The van der Waals surface area contributed by atoms with Gasteiger partial charge in [0.25, 0.3) is 0 Å². The second-order valence-electron chi connectivity index (χ2n) is 1.27. The molecule has 0 spiro atoms. The second kappa shape index (κ2) is 3.15. The van der Waals surface area contributed by atoms with Gasteiger partial charge in [0.1, 0.15) is 0 Å². The van der Waals surface area contributed by atoms with Gasteiger partial charge in [-0.3, -0.25) is 4.79 Å². The molecule has 0 fully saturated rings. The Morgan fingerprint density at radius 3 is 2.12 bits per heavy atom. The Hall–Kier alpha value is -0.900. The van der Waals surface area contributed by atoms with Crippen molar-refractivity contribution in [2.75, 3.05) is 6.54 Å². The quantitative estimate of drug-likeness (QED) is 0.464. The summed E-state index contributed by atoms with van der Waals surface area (Å²) in [4.78, 5) is 19.7. The molecule has 8 heavy (non-hydrogen) atoms. The van der Waals surface area contributed by atoms with Gasteiger partial charge in [0.05, 0.1) is 0 Å². The van der Waals surface area contributed by atoms with Gasteiger partial charge < -0.3 is 10.8 Å². The Balaban J connectivity index is 3.49. The van der Waals surface area contributed by atoms with Crippen LogP contribution in [0.15, 0.2) is 0 Å². The van der Waals surface area contributed by atoms with E-state index in [2.05, 4.69) is 0 Å². The molecule has 0 aliphatic carbocycles. The molecule has 0 aliphatic rings. The van der Waals surface area contributed by atoms with Gasteiger partial charge in [0.15, 0.2) is 0 Å². The number of aliphatic carboxylic acids is 1. The van der Waals surface area contributed by atoms with Crippen molar-refractivity contribution in [2.45, 2.75) is 6.42 Å². The highest BCUT2D eigenvalue weighted by Crippen LogP contribution is 1.77. The van der Waals surface area contributed by atoms with Crippen LogP contribution in [0.5, 0.6) is 0 Å². The molecule has 0 atom stereocenters. The van der Waals surface area contributed by atoms with Crippen LogP contribution in [0, 0.1) is 0 Å². The highest BCUT2D eigenvalue weighted by atomic mass is 16.4. The van der Waals surface area contributed by atoms with Gasteiger partial charge >= 0.3 is 5.97 Å². The number of carbonyl (C=O) groups is 2. The van der Waals surface area contributed by atoms with Crippen molar-refractivity contribution < 1.29 is 14.7 Å². The number of hydrogen-bond donors (Lipinski definition) is 2. The maximum Gasteiger partial charge on any atom is 0.372 e. The third-order valence-electron chi connectivity index (χ3n) is 0.610. The van der Waals surface area contributed by atoms with E-state index in [4.69, 9.17) is 10.8 Å². The molecular formula is C4H7NO3. The van der Waals surface area contributed by atoms with E-state index in [-0.39, 0.29) is 13.0 Å². The molecule has 0 bridgehead atoms. The first-order valence-corrected chi connectivity index (χ1v) is 2.14. The fraction of sp³-hybridized carbons (Fsp3) is 0.500. The van der Waals surface area contributed by atoms with Crippen molar-refractivity contribution in [1.82, 2.24) is 0 Å². The van der Waals surface area contributed by atoms with E-state index in [1.54, 1.807) is 0 Å². The Morgan fingerprint density at radius 1 is 1.50 bits per heavy atom. The van der Waals surface area contributed by atoms with Gasteiger partial charge in [-0.2, -0.15) is 0 Å². The van der Waals surface area contributed by atoms with Crippen molar-refractivity contribution in [1.29, 1.82) is 0 Å². The number of carboxylic acids is 1. The Kier molecular flexibility index (Phi) is 2.79. The first-order valence-electron chi connectivity index (χ1n) is 2.14. The van der Waals surface area contributed by atoms with Crippen LogP contribution in [0.25, 0.3) is 0 Å². The van der Waals surface area contributed by atoms with E-state index in [1.165, 1.54) is 0 Å². The van der Waals surface area contributed by atoms with E-state index in [1.807, 2.05) is 0 Å². The lowest BCUT2D eigenvalue weighted by Crippen LogP contribution is -2.16. The number of hydrogen-bond acceptors (Lipinski definition) is 3. The van der Waals surface area contributed by atoms with Crippen molar-refractivity contribution in [3.63, 3.8) is 0 Å². The lowest BCUT2D eigenvalue weighted by Gasteiger charge is -1.86. The largest absolute Gasteiger partial charge is 0.476 e. The summed E-state index contributed by atoms with van der Waals surface area (Å²) in [6.45, 7) is 0.102. The van der Waals surface area contributed by atoms with Gasteiger partial charge in [-0.05, 0) is 6.54 Å². The van der Waals surface area contributed by atoms with E-state index in [0.717, 1.165) is 0 Å². The number of carboxylic acid groups (broad SMARTS) is 1. The second-order valence-corrected chi connectivity index (χ2v) is 1.27. The van der Waals surface area contributed by atoms with E-state index < -0.39 is 11.8 Å². The molecule has 0 radical (unpaired) electrons. The zero-order valence-electron chi connectivity index (χ0n) is 4.26. The average Bonchev–Trinajstić information content (AvgIpc) is 1.67. The van der Waals surface area contributed by atoms with Crippen LogP contribution in [-0.2, 0) is 9.59 Å².